The van der Waals surface area contributed by atoms with Crippen molar-refractivity contribution in [2.24, 2.45) is 5.92 Å². The van der Waals surface area contributed by atoms with Gasteiger partial charge in [-0.3, -0.25) is 4.98 Å². The lowest BCUT2D eigenvalue weighted by molar-refractivity contribution is 0.530. The minimum absolute atomic E-state index is 0.144. The summed E-state index contributed by atoms with van der Waals surface area (Å²) in [7, 11) is 0. The molecule has 0 spiro atoms. The molecule has 1 atom stereocenters. The smallest absolute Gasteiger partial charge is 0.130 e. The van der Waals surface area contributed by atoms with Crippen LogP contribution in [-0.4, -0.2) is 15.0 Å². The molecule has 0 aromatic carbocycles. The number of nitrogens with one attached hydrogen (secondary N) is 1. The number of rotatable bonds is 5. The molecule has 21 heavy (non-hydrogen) atoms. The molecule has 1 N–H and O–H groups in total. The zero-order valence-electron chi connectivity index (χ0n) is 13.5. The quantitative estimate of drug-likeness (QED) is 0.905. The van der Waals surface area contributed by atoms with Gasteiger partial charge in [0, 0.05) is 18.0 Å². The van der Waals surface area contributed by atoms with E-state index in [1.807, 2.05) is 25.3 Å². The van der Waals surface area contributed by atoms with Crippen LogP contribution in [0.5, 0.6) is 0 Å². The number of hydrogen-bond acceptors (Lipinski definition) is 4. The van der Waals surface area contributed by atoms with E-state index in [-0.39, 0.29) is 6.04 Å². The molecule has 0 fully saturated rings. The van der Waals surface area contributed by atoms with E-state index in [1.54, 1.807) is 0 Å². The molecular formula is C17H24N4. The Hall–Kier alpha value is -1.97. The topological polar surface area (TPSA) is 50.7 Å². The molecule has 2 heterocycles. The van der Waals surface area contributed by atoms with Crippen LogP contribution in [0.4, 0.5) is 5.82 Å². The van der Waals surface area contributed by atoms with Gasteiger partial charge < -0.3 is 5.32 Å². The fourth-order valence-corrected chi connectivity index (χ4v) is 2.42. The van der Waals surface area contributed by atoms with E-state index in [1.165, 1.54) is 5.56 Å². The van der Waals surface area contributed by atoms with Crippen molar-refractivity contribution < 1.29 is 0 Å². The zero-order chi connectivity index (χ0) is 15.4. The average molecular weight is 284 g/mol. The molecule has 112 valence electrons. The van der Waals surface area contributed by atoms with Gasteiger partial charge in [-0.05, 0) is 37.8 Å². The van der Waals surface area contributed by atoms with Gasteiger partial charge in [-0.2, -0.15) is 0 Å². The van der Waals surface area contributed by atoms with Crippen LogP contribution in [0.25, 0.3) is 0 Å². The van der Waals surface area contributed by atoms with E-state index in [4.69, 9.17) is 0 Å². The Morgan fingerprint density at radius 1 is 1.19 bits per heavy atom. The minimum Gasteiger partial charge on any atom is -0.361 e. The second-order valence-electron chi connectivity index (χ2n) is 5.72. The van der Waals surface area contributed by atoms with Crippen LogP contribution in [0.15, 0.2) is 24.4 Å². The van der Waals surface area contributed by atoms with Crippen LogP contribution in [0, 0.1) is 19.8 Å². The molecule has 0 aliphatic carbocycles. The van der Waals surface area contributed by atoms with Crippen molar-refractivity contribution in [3.63, 3.8) is 0 Å². The van der Waals surface area contributed by atoms with Crippen LogP contribution >= 0.6 is 0 Å². The Labute approximate surface area is 127 Å². The fourth-order valence-electron chi connectivity index (χ4n) is 2.42. The van der Waals surface area contributed by atoms with Crippen LogP contribution in [0.3, 0.4) is 0 Å². The molecule has 0 aliphatic heterocycles. The van der Waals surface area contributed by atoms with E-state index in [0.29, 0.717) is 5.92 Å². The first kappa shape index (κ1) is 15.4. The van der Waals surface area contributed by atoms with Crippen molar-refractivity contribution in [2.75, 3.05) is 5.32 Å². The predicted molar refractivity (Wildman–Crippen MR) is 86.3 cm³/mol. The summed E-state index contributed by atoms with van der Waals surface area (Å²) in [6.07, 6.45) is 2.76. The Morgan fingerprint density at radius 2 is 1.95 bits per heavy atom. The van der Waals surface area contributed by atoms with Gasteiger partial charge in [0.25, 0.3) is 0 Å². The maximum absolute atomic E-state index is 4.56. The van der Waals surface area contributed by atoms with Crippen LogP contribution in [0.2, 0.25) is 0 Å². The van der Waals surface area contributed by atoms with Crippen LogP contribution in [0.1, 0.15) is 49.6 Å². The summed E-state index contributed by atoms with van der Waals surface area (Å²) < 4.78 is 0. The van der Waals surface area contributed by atoms with Gasteiger partial charge in [0.1, 0.15) is 11.6 Å². The maximum atomic E-state index is 4.56. The van der Waals surface area contributed by atoms with Gasteiger partial charge in [-0.25, -0.2) is 9.97 Å². The molecule has 2 aromatic rings. The highest BCUT2D eigenvalue weighted by Crippen LogP contribution is 2.26. The zero-order valence-corrected chi connectivity index (χ0v) is 13.5. The van der Waals surface area contributed by atoms with Gasteiger partial charge >= 0.3 is 0 Å². The summed E-state index contributed by atoms with van der Waals surface area (Å²) in [5, 5.41) is 3.54. The molecule has 4 heteroatoms. The number of nitrogens with zero attached hydrogens (tertiary/aromatic N) is 3. The molecule has 2 rings (SSSR count). The molecule has 0 radical (unpaired) electrons. The Kier molecular flexibility index (Phi) is 4.89. The molecule has 0 aliphatic rings. The normalized spacial score (nSPS) is 12.5. The summed E-state index contributed by atoms with van der Waals surface area (Å²) in [5.41, 5.74) is 3.34. The van der Waals surface area contributed by atoms with Gasteiger partial charge in [-0.15, -0.1) is 0 Å². The van der Waals surface area contributed by atoms with Crippen LogP contribution < -0.4 is 5.32 Å². The van der Waals surface area contributed by atoms with Crippen molar-refractivity contribution in [1.82, 2.24) is 15.0 Å². The highest BCUT2D eigenvalue weighted by Gasteiger charge is 2.19. The van der Waals surface area contributed by atoms with Crippen LogP contribution in [-0.2, 0) is 6.42 Å². The van der Waals surface area contributed by atoms with E-state index >= 15 is 0 Å². The fraction of sp³-hybridized carbons (Fsp3) is 0.471. The van der Waals surface area contributed by atoms with Crippen molar-refractivity contribution in [3.05, 3.63) is 47.2 Å². The number of hydrogen-bond donors (Lipinski definition) is 1. The lowest BCUT2D eigenvalue weighted by Gasteiger charge is -2.24. The first-order valence-electron chi connectivity index (χ1n) is 7.53. The minimum atomic E-state index is 0.144. The van der Waals surface area contributed by atoms with Crippen molar-refractivity contribution in [2.45, 2.75) is 47.1 Å². The molecule has 2 aromatic heterocycles. The summed E-state index contributed by atoms with van der Waals surface area (Å²) in [6.45, 7) is 10.5. The van der Waals surface area contributed by atoms with Crippen molar-refractivity contribution >= 4 is 5.82 Å². The van der Waals surface area contributed by atoms with Crippen molar-refractivity contribution in [3.8, 4) is 0 Å². The maximum Gasteiger partial charge on any atom is 0.130 e. The second kappa shape index (κ2) is 6.66. The van der Waals surface area contributed by atoms with Crippen molar-refractivity contribution in [1.29, 1.82) is 0 Å². The number of aryl methyl sites for hydroxylation is 3. The SMILES string of the molecule is CCc1cc(NC(c2ncccc2C)C(C)C)nc(C)n1. The third-order valence-corrected chi connectivity index (χ3v) is 3.57. The third kappa shape index (κ3) is 3.78. The van der Waals surface area contributed by atoms with Gasteiger partial charge in [0.15, 0.2) is 0 Å². The third-order valence-electron chi connectivity index (χ3n) is 3.57. The highest BCUT2D eigenvalue weighted by atomic mass is 15.1. The molecule has 0 saturated carbocycles. The van der Waals surface area contributed by atoms with E-state index < -0.39 is 0 Å². The summed E-state index contributed by atoms with van der Waals surface area (Å²) in [5.74, 6) is 2.10. The average Bonchev–Trinajstić information content (AvgIpc) is 2.45. The Balaban J connectivity index is 2.33. The number of aromatic nitrogens is 3. The Bertz CT molecular complexity index is 607. The van der Waals surface area contributed by atoms with E-state index in [2.05, 4.69) is 54.0 Å². The summed E-state index contributed by atoms with van der Waals surface area (Å²) >= 11 is 0. The molecule has 0 bridgehead atoms. The molecule has 0 amide bonds. The Morgan fingerprint density at radius 3 is 2.57 bits per heavy atom. The molecule has 1 unspecified atom stereocenters. The lowest BCUT2D eigenvalue weighted by Crippen LogP contribution is -2.20. The first-order chi connectivity index (χ1) is 10.0. The molecule has 0 saturated heterocycles. The molecular weight excluding hydrogens is 260 g/mol. The van der Waals surface area contributed by atoms with Gasteiger partial charge in [0.05, 0.1) is 11.7 Å². The lowest BCUT2D eigenvalue weighted by atomic mass is 9.97. The highest BCUT2D eigenvalue weighted by molar-refractivity contribution is 5.40. The van der Waals surface area contributed by atoms with Gasteiger partial charge in [-0.1, -0.05) is 26.8 Å². The standard InChI is InChI=1S/C17H24N4/c1-6-14-10-15(20-13(5)19-14)21-16(11(2)3)17-12(4)8-7-9-18-17/h7-11,16H,6H2,1-5H3,(H,19,20,21). The first-order valence-corrected chi connectivity index (χ1v) is 7.53. The molecule has 4 nitrogen and oxygen atoms in total. The largest absolute Gasteiger partial charge is 0.361 e. The second-order valence-corrected chi connectivity index (χ2v) is 5.72. The van der Waals surface area contributed by atoms with E-state index in [0.717, 1.165) is 29.5 Å². The summed E-state index contributed by atoms with van der Waals surface area (Å²) in [4.78, 5) is 13.5. The summed E-state index contributed by atoms with van der Waals surface area (Å²) in [6, 6.07) is 6.24. The predicted octanol–water partition coefficient (Wildman–Crippen LogP) is 3.86. The number of anilines is 1. The van der Waals surface area contributed by atoms with Gasteiger partial charge in [0.2, 0.25) is 0 Å². The van der Waals surface area contributed by atoms with E-state index in [9.17, 15) is 0 Å². The number of pyridine rings is 1. The monoisotopic (exact) mass is 284 g/mol.